The van der Waals surface area contributed by atoms with Crippen molar-refractivity contribution in [3.8, 4) is 0 Å². The topological polar surface area (TPSA) is 82.3 Å². The first-order valence-electron chi connectivity index (χ1n) is 6.60. The van der Waals surface area contributed by atoms with E-state index in [1.807, 2.05) is 0 Å². The maximum absolute atomic E-state index is 12.0. The molecule has 2 aromatic rings. The van der Waals surface area contributed by atoms with Crippen LogP contribution in [0.5, 0.6) is 0 Å². The van der Waals surface area contributed by atoms with E-state index in [2.05, 4.69) is 117 Å². The molecule has 2 amide bonds. The van der Waals surface area contributed by atoms with E-state index in [0.29, 0.717) is 29.3 Å². The van der Waals surface area contributed by atoms with Crippen molar-refractivity contribution in [2.75, 3.05) is 10.9 Å². The fraction of sp³-hybridized carbons (Fsp3) is 0. The second-order valence-corrected chi connectivity index (χ2v) is 9.90. The fourth-order valence-electron chi connectivity index (χ4n) is 1.68. The van der Waals surface area contributed by atoms with Gasteiger partial charge in [-0.15, -0.1) is 0 Å². The molecular formula is C14H8Br6N4O2. The van der Waals surface area contributed by atoms with Crippen molar-refractivity contribution in [1.82, 2.24) is 10.9 Å². The predicted molar refractivity (Wildman–Crippen MR) is 123 cm³/mol. The van der Waals surface area contributed by atoms with Crippen LogP contribution in [0, 0.1) is 0 Å². The summed E-state index contributed by atoms with van der Waals surface area (Å²) >= 11 is 20.2. The molecule has 0 atom stereocenters. The highest BCUT2D eigenvalue weighted by molar-refractivity contribution is 9.12. The third-order valence-electron chi connectivity index (χ3n) is 2.82. The average molecular weight is 744 g/mol. The lowest BCUT2D eigenvalue weighted by molar-refractivity contribution is -0.138. The molecule has 0 fully saturated rings. The number of hydrazine groups is 2. The zero-order chi connectivity index (χ0) is 19.4. The zero-order valence-electron chi connectivity index (χ0n) is 12.4. The molecule has 0 heterocycles. The van der Waals surface area contributed by atoms with E-state index in [0.717, 1.165) is 8.95 Å². The summed E-state index contributed by atoms with van der Waals surface area (Å²) < 4.78 is 4.47. The van der Waals surface area contributed by atoms with E-state index in [1.165, 1.54) is 0 Å². The van der Waals surface area contributed by atoms with E-state index in [4.69, 9.17) is 0 Å². The number of hydrogen-bond donors (Lipinski definition) is 4. The first-order valence-corrected chi connectivity index (χ1v) is 11.4. The van der Waals surface area contributed by atoms with Crippen molar-refractivity contribution < 1.29 is 9.59 Å². The Balaban J connectivity index is 1.96. The van der Waals surface area contributed by atoms with Gasteiger partial charge in [0.05, 0.1) is 11.4 Å². The third-order valence-corrected chi connectivity index (χ3v) is 6.24. The van der Waals surface area contributed by atoms with Gasteiger partial charge < -0.3 is 0 Å². The zero-order valence-corrected chi connectivity index (χ0v) is 21.9. The van der Waals surface area contributed by atoms with Crippen molar-refractivity contribution in [2.45, 2.75) is 0 Å². The standard InChI is InChI=1S/C14H8Br6N4O2/c15-5-1-7(17)11(8(18)2-5)21-23-13(25)14(26)24-22-12-9(19)3-6(16)4-10(12)20/h1-4,21-22H,(H,23,25)(H,24,26). The van der Waals surface area contributed by atoms with Gasteiger partial charge in [0.1, 0.15) is 0 Å². The lowest BCUT2D eigenvalue weighted by Crippen LogP contribution is -2.44. The minimum atomic E-state index is -0.872. The molecule has 2 rings (SSSR count). The van der Waals surface area contributed by atoms with Gasteiger partial charge in [0.2, 0.25) is 0 Å². The molecule has 138 valence electrons. The summed E-state index contributed by atoms with van der Waals surface area (Å²) in [7, 11) is 0. The first-order chi connectivity index (χ1) is 12.2. The van der Waals surface area contributed by atoms with Gasteiger partial charge in [0.25, 0.3) is 0 Å². The van der Waals surface area contributed by atoms with Crippen LogP contribution >= 0.6 is 95.6 Å². The molecular weight excluding hydrogens is 736 g/mol. The Labute approximate surface area is 199 Å². The van der Waals surface area contributed by atoms with Crippen molar-refractivity contribution in [2.24, 2.45) is 0 Å². The molecule has 0 spiro atoms. The summed E-state index contributed by atoms with van der Waals surface area (Å²) in [5.74, 6) is -1.74. The van der Waals surface area contributed by atoms with Crippen LogP contribution in [0.25, 0.3) is 0 Å². The second kappa shape index (κ2) is 9.87. The molecule has 0 bridgehead atoms. The number of nitrogens with one attached hydrogen (secondary N) is 4. The van der Waals surface area contributed by atoms with Crippen LogP contribution in [0.15, 0.2) is 51.1 Å². The summed E-state index contributed by atoms with van der Waals surface area (Å²) in [6, 6.07) is 7.18. The van der Waals surface area contributed by atoms with Crippen LogP contribution in [0.3, 0.4) is 0 Å². The first kappa shape index (κ1) is 22.2. The lowest BCUT2D eigenvalue weighted by atomic mass is 10.3. The fourth-order valence-corrected chi connectivity index (χ4v) is 6.59. The summed E-state index contributed by atoms with van der Waals surface area (Å²) in [6.07, 6.45) is 0. The van der Waals surface area contributed by atoms with Gasteiger partial charge in [-0.05, 0) is 88.0 Å². The molecule has 12 heteroatoms. The quantitative estimate of drug-likeness (QED) is 0.234. The molecule has 0 aromatic heterocycles. The maximum Gasteiger partial charge on any atom is 0.329 e. The molecule has 0 unspecified atom stereocenters. The predicted octanol–water partition coefficient (Wildman–Crippen LogP) is 5.85. The number of rotatable bonds is 4. The molecule has 2 aromatic carbocycles. The van der Waals surface area contributed by atoms with Crippen LogP contribution in [0.1, 0.15) is 0 Å². The van der Waals surface area contributed by atoms with E-state index < -0.39 is 11.8 Å². The highest BCUT2D eigenvalue weighted by atomic mass is 79.9. The lowest BCUT2D eigenvalue weighted by Gasteiger charge is -2.14. The summed E-state index contributed by atoms with van der Waals surface area (Å²) in [4.78, 5) is 23.9. The van der Waals surface area contributed by atoms with Gasteiger partial charge in [0.15, 0.2) is 0 Å². The molecule has 4 N–H and O–H groups in total. The van der Waals surface area contributed by atoms with Gasteiger partial charge in [0, 0.05) is 26.8 Å². The van der Waals surface area contributed by atoms with Gasteiger partial charge in [-0.2, -0.15) is 0 Å². The largest absolute Gasteiger partial charge is 0.329 e. The van der Waals surface area contributed by atoms with E-state index in [-0.39, 0.29) is 0 Å². The van der Waals surface area contributed by atoms with Gasteiger partial charge >= 0.3 is 11.8 Å². The summed E-state index contributed by atoms with van der Waals surface area (Å²) in [6.45, 7) is 0. The number of carbonyl (C=O) groups excluding carboxylic acids is 2. The van der Waals surface area contributed by atoms with Crippen LogP contribution < -0.4 is 21.7 Å². The van der Waals surface area contributed by atoms with Crippen molar-refractivity contribution in [1.29, 1.82) is 0 Å². The Hall–Kier alpha value is -0.140. The molecule has 0 aliphatic heterocycles. The minimum Gasteiger partial charge on any atom is -0.296 e. The summed E-state index contributed by atoms with van der Waals surface area (Å²) in [5, 5.41) is 0. The number of benzene rings is 2. The third kappa shape index (κ3) is 5.93. The number of halogens is 6. The average Bonchev–Trinajstić information content (AvgIpc) is 2.52. The molecule has 0 saturated heterocycles. The van der Waals surface area contributed by atoms with Crippen molar-refractivity contribution in [3.63, 3.8) is 0 Å². The Morgan fingerprint density at radius 3 is 1.12 bits per heavy atom. The number of anilines is 2. The van der Waals surface area contributed by atoms with Crippen LogP contribution in [-0.2, 0) is 9.59 Å². The van der Waals surface area contributed by atoms with Gasteiger partial charge in [-0.1, -0.05) is 31.9 Å². The Kier molecular flexibility index (Phi) is 8.41. The molecule has 0 aliphatic carbocycles. The van der Waals surface area contributed by atoms with Gasteiger partial charge in [-0.25, -0.2) is 0 Å². The molecule has 26 heavy (non-hydrogen) atoms. The van der Waals surface area contributed by atoms with E-state index >= 15 is 0 Å². The molecule has 0 aliphatic rings. The molecule has 0 saturated carbocycles. The van der Waals surface area contributed by atoms with Crippen LogP contribution in [0.2, 0.25) is 0 Å². The highest BCUT2D eigenvalue weighted by Gasteiger charge is 2.16. The van der Waals surface area contributed by atoms with E-state index in [1.54, 1.807) is 24.3 Å². The number of carbonyl (C=O) groups is 2. The van der Waals surface area contributed by atoms with Crippen LogP contribution in [0.4, 0.5) is 11.4 Å². The normalized spacial score (nSPS) is 10.2. The molecule has 0 radical (unpaired) electrons. The number of amides is 2. The smallest absolute Gasteiger partial charge is 0.296 e. The van der Waals surface area contributed by atoms with Gasteiger partial charge in [-0.3, -0.25) is 31.3 Å². The van der Waals surface area contributed by atoms with E-state index in [9.17, 15) is 9.59 Å². The number of hydrogen-bond acceptors (Lipinski definition) is 4. The Morgan fingerprint density at radius 2 is 0.846 bits per heavy atom. The van der Waals surface area contributed by atoms with Crippen molar-refractivity contribution >= 4 is 119 Å². The van der Waals surface area contributed by atoms with Crippen LogP contribution in [-0.4, -0.2) is 11.8 Å². The second-order valence-electron chi connectivity index (χ2n) is 4.65. The monoisotopic (exact) mass is 738 g/mol. The highest BCUT2D eigenvalue weighted by Crippen LogP contribution is 2.34. The Bertz CT molecular complexity index is 759. The minimum absolute atomic E-state index is 0.570. The summed E-state index contributed by atoms with van der Waals surface area (Å²) in [5.41, 5.74) is 11.2. The maximum atomic E-state index is 12.0. The SMILES string of the molecule is O=C(NNc1c(Br)cc(Br)cc1Br)C(=O)NNc1c(Br)cc(Br)cc1Br. The molecule has 6 nitrogen and oxygen atoms in total. The Morgan fingerprint density at radius 1 is 0.577 bits per heavy atom. The van der Waals surface area contributed by atoms with Crippen molar-refractivity contribution in [3.05, 3.63) is 51.1 Å².